The first kappa shape index (κ1) is 17.2. The number of amides is 1. The molecule has 8 nitrogen and oxygen atoms in total. The van der Waals surface area contributed by atoms with E-state index in [2.05, 4.69) is 5.10 Å². The molecule has 2 aliphatic rings. The number of pyridine rings is 1. The van der Waals surface area contributed by atoms with Gasteiger partial charge in [0, 0.05) is 44.9 Å². The maximum Gasteiger partial charge on any atom is 0.274 e. The monoisotopic (exact) mass is 378 g/mol. The van der Waals surface area contributed by atoms with Crippen molar-refractivity contribution < 1.29 is 9.53 Å². The third kappa shape index (κ3) is 2.32. The van der Waals surface area contributed by atoms with E-state index in [4.69, 9.17) is 16.3 Å². The molecule has 2 fully saturated rings. The van der Waals surface area contributed by atoms with Crippen LogP contribution in [0.3, 0.4) is 0 Å². The molecule has 0 spiro atoms. The third-order valence-corrected chi connectivity index (χ3v) is 5.73. The Morgan fingerprint density at radius 3 is 2.50 bits per heavy atom. The zero-order valence-corrected chi connectivity index (χ0v) is 15.5. The fraction of sp³-hybridized carbons (Fsp3) is 0.529. The molecule has 1 amide bonds. The Morgan fingerprint density at radius 1 is 1.27 bits per heavy atom. The molecule has 3 heterocycles. The molecule has 0 bridgehead atoms. The lowest BCUT2D eigenvalue weighted by Crippen LogP contribution is -2.66. The number of hydrogen-bond acceptors (Lipinski definition) is 5. The van der Waals surface area contributed by atoms with Crippen LogP contribution in [0, 0.1) is 0 Å². The third-order valence-electron chi connectivity index (χ3n) is 5.45. The van der Waals surface area contributed by atoms with Crippen LogP contribution in [0.1, 0.15) is 19.8 Å². The summed E-state index contributed by atoms with van der Waals surface area (Å²) in [5.41, 5.74) is -1.91. The van der Waals surface area contributed by atoms with Crippen molar-refractivity contribution in [1.82, 2.24) is 19.2 Å². The van der Waals surface area contributed by atoms with Crippen LogP contribution in [0.2, 0.25) is 5.15 Å². The van der Waals surface area contributed by atoms with Gasteiger partial charge in [0.1, 0.15) is 5.60 Å². The minimum Gasteiger partial charge on any atom is -0.368 e. The number of likely N-dealkylation sites (tertiary alicyclic amines) is 1. The van der Waals surface area contributed by atoms with E-state index < -0.39 is 11.1 Å². The predicted octanol–water partition coefficient (Wildman–Crippen LogP) is 0.485. The lowest BCUT2D eigenvalue weighted by molar-refractivity contribution is -0.155. The lowest BCUT2D eigenvalue weighted by atomic mass is 9.90. The highest BCUT2D eigenvalue weighted by molar-refractivity contribution is 6.34. The number of methoxy groups -OCH3 is 1. The van der Waals surface area contributed by atoms with Crippen molar-refractivity contribution in [3.05, 3.63) is 38.1 Å². The molecule has 1 saturated heterocycles. The molecule has 0 atom stereocenters. The van der Waals surface area contributed by atoms with E-state index in [1.165, 1.54) is 13.1 Å². The first-order chi connectivity index (χ1) is 12.2. The van der Waals surface area contributed by atoms with Gasteiger partial charge >= 0.3 is 0 Å². The second-order valence-corrected chi connectivity index (χ2v) is 7.74. The zero-order valence-electron chi connectivity index (χ0n) is 14.8. The fourth-order valence-electron chi connectivity index (χ4n) is 3.68. The van der Waals surface area contributed by atoms with Crippen molar-refractivity contribution in [3.8, 4) is 0 Å². The average molecular weight is 379 g/mol. The molecular formula is C17H19ClN4O4. The van der Waals surface area contributed by atoms with E-state index in [-0.39, 0.29) is 27.6 Å². The maximum atomic E-state index is 12.6. The van der Waals surface area contributed by atoms with Gasteiger partial charge in [-0.1, -0.05) is 11.6 Å². The molecule has 1 aliphatic carbocycles. The zero-order chi connectivity index (χ0) is 18.9. The second kappa shape index (κ2) is 5.40. The standard InChI is InChI=1S/C17H19ClN4O4/c1-16(8-21(9-16)15(25)17(26-3)4-5-17)22-7-11-10(6-12(22)23)14(24)20(2)19-13(11)18/h6-7H,4-5,8-9H2,1-3H3. The summed E-state index contributed by atoms with van der Waals surface area (Å²) in [5, 5.41) is 4.79. The van der Waals surface area contributed by atoms with Crippen LogP contribution in [0.15, 0.2) is 21.9 Å². The Kier molecular flexibility index (Phi) is 3.58. The van der Waals surface area contributed by atoms with Crippen molar-refractivity contribution in [3.63, 3.8) is 0 Å². The molecule has 2 aromatic rings. The molecule has 138 valence electrons. The van der Waals surface area contributed by atoms with Gasteiger partial charge in [-0.2, -0.15) is 5.10 Å². The minimum atomic E-state index is -0.672. The van der Waals surface area contributed by atoms with E-state index in [0.717, 1.165) is 17.5 Å². The van der Waals surface area contributed by atoms with E-state index in [9.17, 15) is 14.4 Å². The molecule has 26 heavy (non-hydrogen) atoms. The normalized spacial score (nSPS) is 20.1. The van der Waals surface area contributed by atoms with Gasteiger partial charge in [0.15, 0.2) is 5.15 Å². The van der Waals surface area contributed by atoms with E-state index in [1.807, 2.05) is 6.92 Å². The maximum absolute atomic E-state index is 12.6. The Bertz CT molecular complexity index is 1050. The van der Waals surface area contributed by atoms with E-state index in [1.54, 1.807) is 22.8 Å². The van der Waals surface area contributed by atoms with Crippen molar-refractivity contribution in [2.24, 2.45) is 7.05 Å². The summed E-state index contributed by atoms with van der Waals surface area (Å²) < 4.78 is 7.99. The summed E-state index contributed by atoms with van der Waals surface area (Å²) in [6.07, 6.45) is 3.03. The molecule has 0 unspecified atom stereocenters. The van der Waals surface area contributed by atoms with Crippen LogP contribution < -0.4 is 11.1 Å². The van der Waals surface area contributed by atoms with Crippen LogP contribution in [0.5, 0.6) is 0 Å². The quantitative estimate of drug-likeness (QED) is 0.775. The van der Waals surface area contributed by atoms with Gasteiger partial charge < -0.3 is 14.2 Å². The predicted molar refractivity (Wildman–Crippen MR) is 95.5 cm³/mol. The summed E-state index contributed by atoms with van der Waals surface area (Å²) in [7, 11) is 3.03. The van der Waals surface area contributed by atoms with Crippen LogP contribution in [-0.2, 0) is 22.1 Å². The largest absolute Gasteiger partial charge is 0.368 e. The van der Waals surface area contributed by atoms with Crippen LogP contribution >= 0.6 is 11.6 Å². The molecule has 9 heteroatoms. The molecule has 4 rings (SSSR count). The smallest absolute Gasteiger partial charge is 0.274 e. The molecule has 2 aromatic heterocycles. The van der Waals surface area contributed by atoms with E-state index >= 15 is 0 Å². The lowest BCUT2D eigenvalue weighted by Gasteiger charge is -2.49. The minimum absolute atomic E-state index is 0.0279. The summed E-state index contributed by atoms with van der Waals surface area (Å²) in [4.78, 5) is 39.0. The van der Waals surface area contributed by atoms with Gasteiger partial charge in [-0.15, -0.1) is 0 Å². The number of carbonyl (C=O) groups is 1. The summed E-state index contributed by atoms with van der Waals surface area (Å²) >= 11 is 6.17. The van der Waals surface area contributed by atoms with Gasteiger partial charge in [0.25, 0.3) is 17.0 Å². The first-order valence-electron chi connectivity index (χ1n) is 8.35. The SMILES string of the molecule is COC1(C(=O)N2CC(C)(n3cc4c(Cl)nn(C)c(=O)c4cc3=O)C2)CC1. The highest BCUT2D eigenvalue weighted by Gasteiger charge is 2.56. The highest BCUT2D eigenvalue weighted by Crippen LogP contribution is 2.43. The molecule has 0 aromatic carbocycles. The number of halogens is 1. The van der Waals surface area contributed by atoms with Gasteiger partial charge in [-0.05, 0) is 19.8 Å². The number of fused-ring (bicyclic) bond motifs is 1. The molecule has 0 N–H and O–H groups in total. The van der Waals surface area contributed by atoms with Crippen molar-refractivity contribution >= 4 is 28.3 Å². The molecule has 0 radical (unpaired) electrons. The number of aromatic nitrogens is 3. The average Bonchev–Trinajstić information content (AvgIpc) is 3.37. The van der Waals surface area contributed by atoms with Gasteiger partial charge in [0.05, 0.1) is 10.9 Å². The Hall–Kier alpha value is -2.19. The Morgan fingerprint density at radius 2 is 1.92 bits per heavy atom. The van der Waals surface area contributed by atoms with Crippen molar-refractivity contribution in [2.45, 2.75) is 30.9 Å². The number of hydrogen-bond donors (Lipinski definition) is 0. The number of aryl methyl sites for hydroxylation is 1. The summed E-state index contributed by atoms with van der Waals surface area (Å²) in [6.45, 7) is 2.70. The number of carbonyl (C=O) groups excluding carboxylic acids is 1. The van der Waals surface area contributed by atoms with Gasteiger partial charge in [-0.3, -0.25) is 14.4 Å². The topological polar surface area (TPSA) is 86.4 Å². The van der Waals surface area contributed by atoms with Crippen molar-refractivity contribution in [1.29, 1.82) is 0 Å². The first-order valence-corrected chi connectivity index (χ1v) is 8.73. The molecule has 1 aliphatic heterocycles. The second-order valence-electron chi connectivity index (χ2n) is 7.39. The molecular weight excluding hydrogens is 360 g/mol. The van der Waals surface area contributed by atoms with Crippen LogP contribution in [0.25, 0.3) is 10.8 Å². The Labute approximate surface area is 153 Å². The van der Waals surface area contributed by atoms with E-state index in [0.29, 0.717) is 18.5 Å². The Balaban J connectivity index is 1.70. The highest BCUT2D eigenvalue weighted by atomic mass is 35.5. The number of rotatable bonds is 3. The van der Waals surface area contributed by atoms with Gasteiger partial charge in [0.2, 0.25) is 0 Å². The fourth-order valence-corrected chi connectivity index (χ4v) is 3.94. The van der Waals surface area contributed by atoms with Crippen molar-refractivity contribution in [2.75, 3.05) is 20.2 Å². The number of ether oxygens (including phenoxy) is 1. The summed E-state index contributed by atoms with van der Waals surface area (Å²) in [5.74, 6) is -0.0279. The van der Waals surface area contributed by atoms with Gasteiger partial charge in [-0.25, -0.2) is 4.68 Å². The summed E-state index contributed by atoms with van der Waals surface area (Å²) in [6, 6.07) is 1.29. The van der Waals surface area contributed by atoms with Crippen LogP contribution in [-0.4, -0.2) is 51.0 Å². The number of nitrogens with zero attached hydrogens (tertiary/aromatic N) is 4. The van der Waals surface area contributed by atoms with Crippen LogP contribution in [0.4, 0.5) is 0 Å². The molecule has 1 saturated carbocycles.